The third kappa shape index (κ3) is 2.91. The second kappa shape index (κ2) is 5.83. The molecule has 0 aromatic carbocycles. The Morgan fingerprint density at radius 2 is 2.15 bits per heavy atom. The highest BCUT2D eigenvalue weighted by atomic mass is 16.2. The first kappa shape index (κ1) is 13.5. The Kier molecular flexibility index (Phi) is 3.94. The highest BCUT2D eigenvalue weighted by Gasteiger charge is 2.11. The van der Waals surface area contributed by atoms with Gasteiger partial charge in [-0.05, 0) is 12.1 Å². The Morgan fingerprint density at radius 3 is 2.80 bits per heavy atom. The summed E-state index contributed by atoms with van der Waals surface area (Å²) >= 11 is 0. The number of hydrogen-bond acceptors (Lipinski definition) is 7. The predicted molar refractivity (Wildman–Crippen MR) is 76.1 cm³/mol. The fourth-order valence-corrected chi connectivity index (χ4v) is 1.53. The van der Waals surface area contributed by atoms with Crippen molar-refractivity contribution in [1.29, 1.82) is 0 Å². The van der Waals surface area contributed by atoms with Crippen molar-refractivity contribution < 1.29 is 4.79 Å². The van der Waals surface area contributed by atoms with E-state index in [-0.39, 0.29) is 5.91 Å². The fraction of sp³-hybridized carbons (Fsp3) is 0.167. The standard InChI is InChI=1S/C12H15N7O/c1-19(2)11-9(13)10(15-7-16-11)17-18-12(20)8-4-3-5-14-6-8/h3-7H,13H2,1-2H3,(H,18,20)(H,15,16,17). The van der Waals surface area contributed by atoms with E-state index >= 15 is 0 Å². The number of carbonyl (C=O) groups is 1. The minimum atomic E-state index is -0.331. The molecule has 0 fully saturated rings. The van der Waals surface area contributed by atoms with Crippen LogP contribution < -0.4 is 21.5 Å². The quantitative estimate of drug-likeness (QED) is 0.686. The average molecular weight is 273 g/mol. The van der Waals surface area contributed by atoms with Crippen LogP contribution in [0.3, 0.4) is 0 Å². The Balaban J connectivity index is 2.08. The molecule has 2 aromatic rings. The van der Waals surface area contributed by atoms with Gasteiger partial charge >= 0.3 is 0 Å². The normalized spacial score (nSPS) is 9.90. The van der Waals surface area contributed by atoms with Gasteiger partial charge in [-0.25, -0.2) is 9.97 Å². The molecule has 0 aliphatic heterocycles. The highest BCUT2D eigenvalue weighted by molar-refractivity contribution is 5.94. The first-order valence-electron chi connectivity index (χ1n) is 5.83. The molecule has 2 aromatic heterocycles. The van der Waals surface area contributed by atoms with Crippen LogP contribution in [-0.4, -0.2) is 35.0 Å². The van der Waals surface area contributed by atoms with Gasteiger partial charge in [0.25, 0.3) is 5.91 Å². The maximum Gasteiger partial charge on any atom is 0.271 e. The number of hydrazine groups is 1. The van der Waals surface area contributed by atoms with Crippen molar-refractivity contribution in [2.24, 2.45) is 0 Å². The summed E-state index contributed by atoms with van der Waals surface area (Å²) in [6, 6.07) is 3.33. The van der Waals surface area contributed by atoms with Crippen LogP contribution in [0.25, 0.3) is 0 Å². The largest absolute Gasteiger partial charge is 0.393 e. The summed E-state index contributed by atoms with van der Waals surface area (Å²) in [7, 11) is 3.63. The molecule has 0 atom stereocenters. The molecule has 104 valence electrons. The van der Waals surface area contributed by atoms with Gasteiger partial charge in [-0.15, -0.1) is 0 Å². The summed E-state index contributed by atoms with van der Waals surface area (Å²) in [5, 5.41) is 0. The van der Waals surface area contributed by atoms with E-state index in [0.29, 0.717) is 22.9 Å². The third-order valence-electron chi connectivity index (χ3n) is 2.50. The van der Waals surface area contributed by atoms with Gasteiger partial charge in [0.2, 0.25) is 0 Å². The number of nitrogens with one attached hydrogen (secondary N) is 2. The van der Waals surface area contributed by atoms with Crippen molar-refractivity contribution >= 4 is 23.2 Å². The zero-order valence-corrected chi connectivity index (χ0v) is 11.2. The van der Waals surface area contributed by atoms with E-state index < -0.39 is 0 Å². The Labute approximate surface area is 116 Å². The van der Waals surface area contributed by atoms with Crippen molar-refractivity contribution in [2.75, 3.05) is 30.2 Å². The molecule has 1 amide bonds. The molecule has 0 saturated carbocycles. The van der Waals surface area contributed by atoms with Crippen molar-refractivity contribution in [3.63, 3.8) is 0 Å². The van der Waals surface area contributed by atoms with Crippen LogP contribution in [0.15, 0.2) is 30.9 Å². The van der Waals surface area contributed by atoms with Gasteiger partial charge in [0, 0.05) is 26.5 Å². The maximum absolute atomic E-state index is 11.8. The molecule has 0 spiro atoms. The molecule has 0 saturated heterocycles. The number of aromatic nitrogens is 3. The topological polar surface area (TPSA) is 109 Å². The van der Waals surface area contributed by atoms with Gasteiger partial charge in [0.1, 0.15) is 12.0 Å². The lowest BCUT2D eigenvalue weighted by molar-refractivity contribution is 0.0962. The molecule has 20 heavy (non-hydrogen) atoms. The molecule has 0 aliphatic rings. The summed E-state index contributed by atoms with van der Waals surface area (Å²) in [5.74, 6) is 0.571. The van der Waals surface area contributed by atoms with Crippen LogP contribution in [0.2, 0.25) is 0 Å². The number of carbonyl (C=O) groups excluding carboxylic acids is 1. The van der Waals surface area contributed by atoms with E-state index in [1.54, 1.807) is 23.2 Å². The van der Waals surface area contributed by atoms with Crippen LogP contribution in [0.1, 0.15) is 10.4 Å². The summed E-state index contributed by atoms with van der Waals surface area (Å²) in [5.41, 5.74) is 11.9. The Morgan fingerprint density at radius 1 is 1.35 bits per heavy atom. The number of hydrogen-bond donors (Lipinski definition) is 3. The molecule has 0 unspecified atom stereocenters. The fourth-order valence-electron chi connectivity index (χ4n) is 1.53. The minimum Gasteiger partial charge on any atom is -0.393 e. The first-order valence-corrected chi connectivity index (χ1v) is 5.83. The molecular weight excluding hydrogens is 258 g/mol. The first-order chi connectivity index (χ1) is 9.59. The summed E-state index contributed by atoms with van der Waals surface area (Å²) < 4.78 is 0. The smallest absolute Gasteiger partial charge is 0.271 e. The van der Waals surface area contributed by atoms with Gasteiger partial charge in [0.05, 0.1) is 5.56 Å². The molecule has 0 bridgehead atoms. The number of nitrogen functional groups attached to an aromatic ring is 1. The molecule has 2 rings (SSSR count). The van der Waals surface area contributed by atoms with Crippen LogP contribution in [0, 0.1) is 0 Å². The second-order valence-electron chi connectivity index (χ2n) is 4.17. The summed E-state index contributed by atoms with van der Waals surface area (Å²) in [6.45, 7) is 0. The van der Waals surface area contributed by atoms with E-state index in [4.69, 9.17) is 5.73 Å². The van der Waals surface area contributed by atoms with E-state index in [1.807, 2.05) is 14.1 Å². The van der Waals surface area contributed by atoms with E-state index in [9.17, 15) is 4.79 Å². The molecule has 2 heterocycles. The zero-order valence-electron chi connectivity index (χ0n) is 11.2. The second-order valence-corrected chi connectivity index (χ2v) is 4.17. The Bertz CT molecular complexity index is 600. The molecule has 0 radical (unpaired) electrons. The number of anilines is 3. The van der Waals surface area contributed by atoms with Gasteiger partial charge in [0.15, 0.2) is 11.6 Å². The molecule has 4 N–H and O–H groups in total. The van der Waals surface area contributed by atoms with Gasteiger partial charge in [-0.2, -0.15) is 0 Å². The lowest BCUT2D eigenvalue weighted by Crippen LogP contribution is -2.30. The van der Waals surface area contributed by atoms with Crippen LogP contribution in [0.4, 0.5) is 17.3 Å². The lowest BCUT2D eigenvalue weighted by Gasteiger charge is -2.16. The number of nitrogens with two attached hydrogens (primary N) is 1. The summed E-state index contributed by atoms with van der Waals surface area (Å²) in [6.07, 6.45) is 4.42. The van der Waals surface area contributed by atoms with Crippen molar-refractivity contribution in [3.05, 3.63) is 36.4 Å². The minimum absolute atomic E-state index is 0.331. The Hall–Kier alpha value is -2.90. The highest BCUT2D eigenvalue weighted by Crippen LogP contribution is 2.23. The molecule has 8 nitrogen and oxygen atoms in total. The monoisotopic (exact) mass is 273 g/mol. The number of amides is 1. The number of nitrogens with zero attached hydrogens (tertiary/aromatic N) is 4. The van der Waals surface area contributed by atoms with Crippen molar-refractivity contribution in [3.8, 4) is 0 Å². The predicted octanol–water partition coefficient (Wildman–Crippen LogP) is 0.277. The zero-order chi connectivity index (χ0) is 14.5. The third-order valence-corrected chi connectivity index (χ3v) is 2.50. The van der Waals surface area contributed by atoms with Crippen molar-refractivity contribution in [1.82, 2.24) is 20.4 Å². The van der Waals surface area contributed by atoms with E-state index in [1.165, 1.54) is 12.5 Å². The van der Waals surface area contributed by atoms with Gasteiger partial charge in [-0.3, -0.25) is 20.6 Å². The molecule has 8 heteroatoms. The van der Waals surface area contributed by atoms with E-state index in [0.717, 1.165) is 0 Å². The summed E-state index contributed by atoms with van der Waals surface area (Å²) in [4.78, 5) is 25.5. The van der Waals surface area contributed by atoms with E-state index in [2.05, 4.69) is 25.8 Å². The molecular formula is C12H15N7O. The average Bonchev–Trinajstić information content (AvgIpc) is 2.46. The molecule has 0 aliphatic carbocycles. The van der Waals surface area contributed by atoms with Crippen LogP contribution >= 0.6 is 0 Å². The number of pyridine rings is 1. The van der Waals surface area contributed by atoms with Crippen LogP contribution in [-0.2, 0) is 0 Å². The van der Waals surface area contributed by atoms with Crippen molar-refractivity contribution in [2.45, 2.75) is 0 Å². The van der Waals surface area contributed by atoms with Gasteiger partial charge < -0.3 is 10.6 Å². The SMILES string of the molecule is CN(C)c1ncnc(NNC(=O)c2cccnc2)c1N. The maximum atomic E-state index is 11.8. The number of rotatable bonds is 4. The lowest BCUT2D eigenvalue weighted by atomic mass is 10.3. The van der Waals surface area contributed by atoms with Gasteiger partial charge in [-0.1, -0.05) is 0 Å². The van der Waals surface area contributed by atoms with Crippen LogP contribution in [0.5, 0.6) is 0 Å².